The van der Waals surface area contributed by atoms with Gasteiger partial charge in [-0.25, -0.2) is 16.8 Å². The third-order valence-corrected chi connectivity index (χ3v) is 5.51. The Morgan fingerprint density at radius 1 is 1.20 bits per heavy atom. The van der Waals surface area contributed by atoms with Gasteiger partial charge in [0.05, 0.1) is 29.2 Å². The molecule has 7 heteroatoms. The van der Waals surface area contributed by atoms with Crippen LogP contribution in [0.4, 0.5) is 0 Å². The minimum absolute atomic E-state index is 0.0808. The van der Waals surface area contributed by atoms with E-state index in [0.717, 1.165) is 6.26 Å². The normalized spacial score (nSPS) is 14.5. The minimum atomic E-state index is -3.47. The number of nitrogens with zero attached hydrogens (tertiary/aromatic N) is 1. The van der Waals surface area contributed by atoms with Crippen molar-refractivity contribution in [1.29, 1.82) is 5.26 Å². The highest BCUT2D eigenvalue weighted by Gasteiger charge is 2.24. The topological polar surface area (TPSA) is 92.1 Å². The highest BCUT2D eigenvalue weighted by atomic mass is 32.2. The van der Waals surface area contributed by atoms with E-state index in [1.807, 2.05) is 0 Å². The molecule has 0 radical (unpaired) electrons. The van der Waals surface area contributed by atoms with Crippen molar-refractivity contribution in [3.8, 4) is 6.07 Å². The molecule has 0 saturated heterocycles. The Morgan fingerprint density at radius 3 is 2.07 bits per heavy atom. The Bertz CT molecular complexity index is 430. The van der Waals surface area contributed by atoms with Gasteiger partial charge in [0.1, 0.15) is 9.84 Å². The van der Waals surface area contributed by atoms with Gasteiger partial charge in [0, 0.05) is 6.26 Å². The van der Waals surface area contributed by atoms with Gasteiger partial charge in [0.15, 0.2) is 9.84 Å². The van der Waals surface area contributed by atoms with Crippen LogP contribution < -0.4 is 0 Å². The summed E-state index contributed by atoms with van der Waals surface area (Å²) in [5.74, 6) is -0.775. The zero-order chi connectivity index (χ0) is 12.1. The van der Waals surface area contributed by atoms with Crippen LogP contribution in [0.3, 0.4) is 0 Å². The van der Waals surface area contributed by atoms with Crippen molar-refractivity contribution in [1.82, 2.24) is 0 Å². The first-order valence-corrected chi connectivity index (χ1v) is 8.26. The lowest BCUT2D eigenvalue weighted by atomic mass is 10.3. The van der Waals surface area contributed by atoms with E-state index in [1.54, 1.807) is 13.0 Å². The predicted octanol–water partition coefficient (Wildman–Crippen LogP) is 0.138. The third-order valence-electron chi connectivity index (χ3n) is 2.02. The third kappa shape index (κ3) is 5.74. The highest BCUT2D eigenvalue weighted by Crippen LogP contribution is 2.11. The average molecular weight is 253 g/mol. The summed E-state index contributed by atoms with van der Waals surface area (Å²) >= 11 is 0. The summed E-state index contributed by atoms with van der Waals surface area (Å²) in [5.41, 5.74) is 0. The first kappa shape index (κ1) is 14.4. The monoisotopic (exact) mass is 253 g/mol. The quantitative estimate of drug-likeness (QED) is 0.671. The molecule has 0 aromatic rings. The Kier molecular flexibility index (Phi) is 5.24. The van der Waals surface area contributed by atoms with Crippen molar-refractivity contribution in [2.45, 2.75) is 25.0 Å². The predicted molar refractivity (Wildman–Crippen MR) is 57.8 cm³/mol. The molecule has 0 fully saturated rings. The molecule has 5 nitrogen and oxygen atoms in total. The van der Waals surface area contributed by atoms with Gasteiger partial charge in [-0.3, -0.25) is 0 Å². The van der Waals surface area contributed by atoms with Crippen LogP contribution in [0, 0.1) is 11.3 Å². The summed E-state index contributed by atoms with van der Waals surface area (Å²) in [6, 6.07) is 1.79. The first-order valence-electron chi connectivity index (χ1n) is 4.49. The van der Waals surface area contributed by atoms with Crippen molar-refractivity contribution >= 4 is 19.7 Å². The largest absolute Gasteiger partial charge is 0.229 e. The summed E-state index contributed by atoms with van der Waals surface area (Å²) in [6.45, 7) is 1.67. The second-order valence-corrected chi connectivity index (χ2v) is 8.05. The second-order valence-electron chi connectivity index (χ2n) is 3.39. The van der Waals surface area contributed by atoms with Gasteiger partial charge < -0.3 is 0 Å². The number of hydrogen-bond donors (Lipinski definition) is 0. The van der Waals surface area contributed by atoms with E-state index < -0.39 is 30.7 Å². The zero-order valence-corrected chi connectivity index (χ0v) is 10.4. The van der Waals surface area contributed by atoms with Gasteiger partial charge in [-0.2, -0.15) is 5.26 Å². The number of nitriles is 1. The Morgan fingerprint density at radius 2 is 1.73 bits per heavy atom. The van der Waals surface area contributed by atoms with Crippen LogP contribution in [0.15, 0.2) is 0 Å². The molecule has 0 aliphatic rings. The molecule has 0 aliphatic carbocycles. The summed E-state index contributed by atoms with van der Waals surface area (Å²) in [6.07, 6.45) is 1.25. The summed E-state index contributed by atoms with van der Waals surface area (Å²) in [4.78, 5) is 0. The van der Waals surface area contributed by atoms with E-state index in [-0.39, 0.29) is 12.2 Å². The minimum Gasteiger partial charge on any atom is -0.229 e. The summed E-state index contributed by atoms with van der Waals surface area (Å²) < 4.78 is 44.8. The van der Waals surface area contributed by atoms with Crippen LogP contribution in [0.1, 0.15) is 19.8 Å². The molecule has 0 saturated carbocycles. The number of hydrogen-bond acceptors (Lipinski definition) is 5. The fourth-order valence-corrected chi connectivity index (χ4v) is 4.37. The molecule has 0 aromatic heterocycles. The lowest BCUT2D eigenvalue weighted by Gasteiger charge is -2.11. The molecule has 0 spiro atoms. The van der Waals surface area contributed by atoms with Crippen molar-refractivity contribution in [3.63, 3.8) is 0 Å². The van der Waals surface area contributed by atoms with Crippen LogP contribution in [0.5, 0.6) is 0 Å². The second kappa shape index (κ2) is 5.47. The van der Waals surface area contributed by atoms with E-state index >= 15 is 0 Å². The van der Waals surface area contributed by atoms with Gasteiger partial charge in [0.25, 0.3) is 0 Å². The first-order chi connectivity index (χ1) is 6.73. The maximum Gasteiger partial charge on any atom is 0.155 e. The van der Waals surface area contributed by atoms with Crippen LogP contribution in [0.25, 0.3) is 0 Å². The molecule has 0 aliphatic heterocycles. The van der Waals surface area contributed by atoms with Crippen LogP contribution >= 0.6 is 0 Å². The lowest BCUT2D eigenvalue weighted by molar-refractivity contribution is 0.574. The Labute approximate surface area is 90.9 Å². The van der Waals surface area contributed by atoms with Gasteiger partial charge in [-0.05, 0) is 6.42 Å². The van der Waals surface area contributed by atoms with Gasteiger partial charge >= 0.3 is 0 Å². The molecule has 0 N–H and O–H groups in total. The van der Waals surface area contributed by atoms with Crippen LogP contribution in [0.2, 0.25) is 0 Å². The smallest absolute Gasteiger partial charge is 0.155 e. The molecule has 0 aromatic carbocycles. The van der Waals surface area contributed by atoms with E-state index in [1.165, 1.54) is 0 Å². The van der Waals surface area contributed by atoms with Crippen LogP contribution in [-0.4, -0.2) is 39.8 Å². The lowest BCUT2D eigenvalue weighted by Crippen LogP contribution is -2.26. The molecule has 0 bridgehead atoms. The molecule has 15 heavy (non-hydrogen) atoms. The highest BCUT2D eigenvalue weighted by molar-refractivity contribution is 7.95. The fraction of sp³-hybridized carbons (Fsp3) is 0.875. The zero-order valence-electron chi connectivity index (χ0n) is 8.80. The number of rotatable bonds is 6. The van der Waals surface area contributed by atoms with Gasteiger partial charge in [-0.1, -0.05) is 6.92 Å². The molecule has 1 unspecified atom stereocenters. The Hall–Kier alpha value is -0.610. The van der Waals surface area contributed by atoms with Gasteiger partial charge in [0.2, 0.25) is 0 Å². The Balaban J connectivity index is 4.62. The molecule has 0 rings (SSSR count). The van der Waals surface area contributed by atoms with Crippen LogP contribution in [-0.2, 0) is 19.7 Å². The van der Waals surface area contributed by atoms with Crippen molar-refractivity contribution < 1.29 is 16.8 Å². The fourth-order valence-electron chi connectivity index (χ4n) is 1.06. The maximum absolute atomic E-state index is 11.6. The standard InChI is InChI=1S/C8H15NO4S2/c1-3-8(4-5-9)15(12,13)7-6-14(2,10)11/h8H,3-4,6-7H2,1-2H3. The molecular formula is C8H15NO4S2. The van der Waals surface area contributed by atoms with E-state index in [0.29, 0.717) is 6.42 Å². The van der Waals surface area contributed by atoms with E-state index in [9.17, 15) is 16.8 Å². The molecule has 1 atom stereocenters. The number of sulfone groups is 2. The summed E-state index contributed by atoms with van der Waals surface area (Å²) in [7, 11) is -6.75. The van der Waals surface area contributed by atoms with Crippen molar-refractivity contribution in [2.24, 2.45) is 0 Å². The molecule has 88 valence electrons. The molecule has 0 amide bonds. The molecule has 0 heterocycles. The van der Waals surface area contributed by atoms with E-state index in [4.69, 9.17) is 5.26 Å². The SMILES string of the molecule is CCC(CC#N)S(=O)(=O)CCS(C)(=O)=O. The van der Waals surface area contributed by atoms with Crippen molar-refractivity contribution in [3.05, 3.63) is 0 Å². The summed E-state index contributed by atoms with van der Waals surface area (Å²) in [5, 5.41) is 7.68. The molecular weight excluding hydrogens is 238 g/mol. The van der Waals surface area contributed by atoms with Gasteiger partial charge in [-0.15, -0.1) is 0 Å². The maximum atomic E-state index is 11.6. The average Bonchev–Trinajstić information content (AvgIpc) is 2.10. The van der Waals surface area contributed by atoms with Crippen molar-refractivity contribution in [2.75, 3.05) is 17.8 Å². The van der Waals surface area contributed by atoms with E-state index in [2.05, 4.69) is 0 Å².